The lowest BCUT2D eigenvalue weighted by Crippen LogP contribution is -2.24. The second kappa shape index (κ2) is 7.69. The zero-order chi connectivity index (χ0) is 16.7. The van der Waals surface area contributed by atoms with Crippen molar-refractivity contribution in [2.75, 3.05) is 13.7 Å². The molecule has 0 aliphatic rings. The molecule has 2 aromatic carbocycles. The van der Waals surface area contributed by atoms with E-state index in [2.05, 4.69) is 10.5 Å². The summed E-state index contributed by atoms with van der Waals surface area (Å²) in [4.78, 5) is 11.7. The topological polar surface area (TPSA) is 100 Å². The summed E-state index contributed by atoms with van der Waals surface area (Å²) in [5.41, 5.74) is 2.53. The van der Waals surface area contributed by atoms with Crippen molar-refractivity contribution >= 4 is 12.1 Å². The van der Waals surface area contributed by atoms with Gasteiger partial charge in [-0.25, -0.2) is 5.43 Å². The Labute approximate surface area is 132 Å². The zero-order valence-corrected chi connectivity index (χ0v) is 12.4. The van der Waals surface area contributed by atoms with Gasteiger partial charge in [0.25, 0.3) is 5.91 Å². The second-order valence-electron chi connectivity index (χ2n) is 4.45. The fourth-order valence-corrected chi connectivity index (χ4v) is 1.74. The predicted octanol–water partition coefficient (Wildman–Crippen LogP) is 1.64. The first kappa shape index (κ1) is 16.2. The third-order valence-corrected chi connectivity index (χ3v) is 2.87. The highest BCUT2D eigenvalue weighted by atomic mass is 16.5. The molecule has 0 aliphatic heterocycles. The first-order valence-electron chi connectivity index (χ1n) is 6.70. The number of hydrogen-bond donors (Lipinski definition) is 3. The summed E-state index contributed by atoms with van der Waals surface area (Å²) in [6, 6.07) is 11.4. The number of ether oxygens (including phenoxy) is 2. The molecule has 0 saturated carbocycles. The Morgan fingerprint density at radius 1 is 1.17 bits per heavy atom. The number of carbonyl (C=O) groups excluding carboxylic acids is 1. The van der Waals surface area contributed by atoms with Crippen molar-refractivity contribution in [1.82, 2.24) is 5.43 Å². The van der Waals surface area contributed by atoms with E-state index in [0.29, 0.717) is 11.5 Å². The number of phenols is 2. The normalized spacial score (nSPS) is 10.5. The van der Waals surface area contributed by atoms with E-state index in [1.165, 1.54) is 25.5 Å². The fraction of sp³-hybridized carbons (Fsp3) is 0.125. The number of carbonyl (C=O) groups is 1. The van der Waals surface area contributed by atoms with E-state index in [0.717, 1.165) is 0 Å². The third kappa shape index (κ3) is 4.37. The van der Waals surface area contributed by atoms with Crippen LogP contribution in [0.3, 0.4) is 0 Å². The maximum Gasteiger partial charge on any atom is 0.277 e. The average molecular weight is 316 g/mol. The van der Waals surface area contributed by atoms with Gasteiger partial charge in [0.2, 0.25) is 0 Å². The quantitative estimate of drug-likeness (QED) is 0.427. The lowest BCUT2D eigenvalue weighted by Gasteiger charge is -2.09. The Morgan fingerprint density at radius 3 is 2.65 bits per heavy atom. The van der Waals surface area contributed by atoms with Crippen molar-refractivity contribution in [2.45, 2.75) is 0 Å². The summed E-state index contributed by atoms with van der Waals surface area (Å²) >= 11 is 0. The molecular formula is C16H16N2O5. The number of hydrogen-bond acceptors (Lipinski definition) is 6. The lowest BCUT2D eigenvalue weighted by molar-refractivity contribution is -0.123. The Morgan fingerprint density at radius 2 is 1.91 bits per heavy atom. The van der Waals surface area contributed by atoms with E-state index in [4.69, 9.17) is 9.47 Å². The number of hydrazone groups is 1. The van der Waals surface area contributed by atoms with E-state index in [1.54, 1.807) is 30.3 Å². The molecule has 23 heavy (non-hydrogen) atoms. The minimum Gasteiger partial charge on any atom is -0.504 e. The molecule has 3 N–H and O–H groups in total. The summed E-state index contributed by atoms with van der Waals surface area (Å²) in [6.07, 6.45) is 1.22. The zero-order valence-electron chi connectivity index (χ0n) is 12.4. The number of rotatable bonds is 6. The van der Waals surface area contributed by atoms with Crippen molar-refractivity contribution in [1.29, 1.82) is 0 Å². The molecule has 2 rings (SSSR count). The van der Waals surface area contributed by atoms with Gasteiger partial charge in [-0.15, -0.1) is 0 Å². The monoisotopic (exact) mass is 316 g/mol. The van der Waals surface area contributed by atoms with Crippen LogP contribution in [0.15, 0.2) is 47.6 Å². The van der Waals surface area contributed by atoms with Crippen LogP contribution in [-0.2, 0) is 4.79 Å². The highest BCUT2D eigenvalue weighted by molar-refractivity contribution is 5.86. The molecular weight excluding hydrogens is 300 g/mol. The molecule has 0 aromatic heterocycles. The van der Waals surface area contributed by atoms with Crippen LogP contribution in [0.25, 0.3) is 0 Å². The molecule has 0 unspecified atom stereocenters. The summed E-state index contributed by atoms with van der Waals surface area (Å²) in [7, 11) is 1.51. The van der Waals surface area contributed by atoms with Gasteiger partial charge in [-0.2, -0.15) is 5.10 Å². The van der Waals surface area contributed by atoms with Crippen LogP contribution in [0, 0.1) is 0 Å². The largest absolute Gasteiger partial charge is 0.504 e. The van der Waals surface area contributed by atoms with Crippen molar-refractivity contribution < 1.29 is 24.5 Å². The Hall–Kier alpha value is -3.22. The smallest absolute Gasteiger partial charge is 0.277 e. The van der Waals surface area contributed by atoms with Crippen LogP contribution >= 0.6 is 0 Å². The van der Waals surface area contributed by atoms with E-state index in [9.17, 15) is 15.0 Å². The molecule has 0 saturated heterocycles. The molecule has 0 heterocycles. The maximum absolute atomic E-state index is 11.7. The lowest BCUT2D eigenvalue weighted by atomic mass is 10.2. The first-order chi connectivity index (χ1) is 11.1. The molecule has 1 amide bonds. The molecule has 0 bridgehead atoms. The van der Waals surface area contributed by atoms with Crippen molar-refractivity contribution in [3.8, 4) is 23.0 Å². The number of methoxy groups -OCH3 is 1. The average Bonchev–Trinajstić information content (AvgIpc) is 2.57. The van der Waals surface area contributed by atoms with Gasteiger partial charge in [0.1, 0.15) is 0 Å². The summed E-state index contributed by atoms with van der Waals surface area (Å²) < 4.78 is 10.4. The van der Waals surface area contributed by atoms with Gasteiger partial charge in [-0.3, -0.25) is 4.79 Å². The van der Waals surface area contributed by atoms with Gasteiger partial charge in [0.15, 0.2) is 29.6 Å². The molecule has 0 fully saturated rings. The van der Waals surface area contributed by atoms with Gasteiger partial charge in [-0.1, -0.05) is 18.2 Å². The Bertz CT molecular complexity index is 715. The number of phenolic OH excluding ortho intramolecular Hbond substituents is 2. The molecule has 7 heteroatoms. The van der Waals surface area contributed by atoms with Crippen LogP contribution in [0.2, 0.25) is 0 Å². The predicted molar refractivity (Wildman–Crippen MR) is 84.0 cm³/mol. The van der Waals surface area contributed by atoms with Crippen LogP contribution in [0.1, 0.15) is 5.56 Å². The molecule has 7 nitrogen and oxygen atoms in total. The van der Waals surface area contributed by atoms with Gasteiger partial charge in [0, 0.05) is 5.56 Å². The van der Waals surface area contributed by atoms with Crippen LogP contribution in [0.5, 0.6) is 23.0 Å². The number of nitrogens with one attached hydrogen (secondary N) is 1. The molecule has 0 aliphatic carbocycles. The third-order valence-electron chi connectivity index (χ3n) is 2.87. The number of benzene rings is 2. The highest BCUT2D eigenvalue weighted by Gasteiger charge is 2.06. The first-order valence-corrected chi connectivity index (χ1v) is 6.70. The van der Waals surface area contributed by atoms with E-state index in [1.807, 2.05) is 0 Å². The molecule has 0 spiro atoms. The van der Waals surface area contributed by atoms with Crippen molar-refractivity contribution in [2.24, 2.45) is 5.10 Å². The Balaban J connectivity index is 1.88. The minimum absolute atomic E-state index is 0.246. The van der Waals surface area contributed by atoms with E-state index >= 15 is 0 Å². The number of nitrogens with zero attached hydrogens (tertiary/aromatic N) is 1. The number of aromatic hydroxyl groups is 2. The summed E-state index contributed by atoms with van der Waals surface area (Å²) in [5.74, 6) is -0.0874. The van der Waals surface area contributed by atoms with Crippen molar-refractivity contribution in [3.63, 3.8) is 0 Å². The molecule has 0 atom stereocenters. The minimum atomic E-state index is -0.480. The maximum atomic E-state index is 11.7. The van der Waals surface area contributed by atoms with Crippen LogP contribution in [-0.4, -0.2) is 36.1 Å². The van der Waals surface area contributed by atoms with Gasteiger partial charge < -0.3 is 19.7 Å². The van der Waals surface area contributed by atoms with Gasteiger partial charge in [0.05, 0.1) is 13.3 Å². The Kier molecular flexibility index (Phi) is 5.40. The molecule has 2 aromatic rings. The van der Waals surface area contributed by atoms with E-state index in [-0.39, 0.29) is 23.7 Å². The van der Waals surface area contributed by atoms with Crippen LogP contribution in [0.4, 0.5) is 0 Å². The summed E-state index contributed by atoms with van der Waals surface area (Å²) in [5, 5.41) is 22.6. The number of amides is 1. The number of para-hydroxylation sites is 3. The SMILES string of the molecule is COc1ccccc1OCC(=O)N/N=C/c1cccc(O)c1O. The van der Waals surface area contributed by atoms with Gasteiger partial charge >= 0.3 is 0 Å². The molecule has 0 radical (unpaired) electrons. The van der Waals surface area contributed by atoms with Crippen LogP contribution < -0.4 is 14.9 Å². The van der Waals surface area contributed by atoms with Gasteiger partial charge in [-0.05, 0) is 24.3 Å². The van der Waals surface area contributed by atoms with Crippen molar-refractivity contribution in [3.05, 3.63) is 48.0 Å². The fourth-order valence-electron chi connectivity index (χ4n) is 1.74. The standard InChI is InChI=1S/C16H16N2O5/c1-22-13-7-2-3-8-14(13)23-10-15(20)18-17-9-11-5-4-6-12(19)16(11)21/h2-9,19,21H,10H2,1H3,(H,18,20)/b17-9+. The second-order valence-corrected chi connectivity index (χ2v) is 4.45. The van der Waals surface area contributed by atoms with E-state index < -0.39 is 5.91 Å². The highest BCUT2D eigenvalue weighted by Crippen LogP contribution is 2.27. The summed E-state index contributed by atoms with van der Waals surface area (Å²) in [6.45, 7) is -0.246. The molecule has 120 valence electrons.